The van der Waals surface area contributed by atoms with Gasteiger partial charge < -0.3 is 10.8 Å². The summed E-state index contributed by atoms with van der Waals surface area (Å²) in [7, 11) is 0. The molecule has 0 saturated heterocycles. The van der Waals surface area contributed by atoms with Gasteiger partial charge in [0, 0.05) is 22.0 Å². The number of aromatic nitrogens is 2. The van der Waals surface area contributed by atoms with Crippen molar-refractivity contribution in [2.24, 2.45) is 5.73 Å². The monoisotopic (exact) mass is 281 g/mol. The lowest BCUT2D eigenvalue weighted by molar-refractivity contribution is -0.139. The van der Waals surface area contributed by atoms with Crippen LogP contribution in [0.25, 0.3) is 0 Å². The Bertz CT molecular complexity index is 383. The maximum absolute atomic E-state index is 10.8. The molecular weight excluding hydrogens is 270 g/mol. The normalized spacial score (nSPS) is 13.8. The predicted octanol–water partition coefficient (Wildman–Crippen LogP) is 1.62. The number of carboxylic acids is 1. The molecule has 1 heterocycles. The van der Waals surface area contributed by atoms with Crippen LogP contribution in [0.1, 0.15) is 19.5 Å². The van der Waals surface area contributed by atoms with Crippen LogP contribution in [0.2, 0.25) is 4.34 Å². The molecule has 1 aromatic heterocycles. The Kier molecular flexibility index (Phi) is 4.54. The van der Waals surface area contributed by atoms with E-state index in [1.54, 1.807) is 13.8 Å². The van der Waals surface area contributed by atoms with Crippen LogP contribution in [0, 0.1) is 0 Å². The van der Waals surface area contributed by atoms with E-state index in [0.29, 0.717) is 15.8 Å². The van der Waals surface area contributed by atoms with Crippen molar-refractivity contribution in [2.45, 2.75) is 30.4 Å². The smallest absolute Gasteiger partial charge is 0.321 e. The number of hydrogen-bond acceptors (Lipinski definition) is 6. The molecule has 1 atom stereocenters. The third kappa shape index (κ3) is 3.31. The zero-order chi connectivity index (χ0) is 12.3. The minimum Gasteiger partial charge on any atom is -0.480 e. The van der Waals surface area contributed by atoms with E-state index < -0.39 is 16.8 Å². The van der Waals surface area contributed by atoms with Crippen molar-refractivity contribution >= 4 is 40.9 Å². The van der Waals surface area contributed by atoms with Gasteiger partial charge >= 0.3 is 5.97 Å². The first-order chi connectivity index (χ1) is 7.34. The number of rotatable bonds is 5. The molecule has 3 N–H and O–H groups in total. The van der Waals surface area contributed by atoms with Crippen LogP contribution in [0.4, 0.5) is 0 Å². The highest BCUT2D eigenvalue weighted by atomic mass is 35.5. The van der Waals surface area contributed by atoms with E-state index in [1.165, 1.54) is 11.8 Å². The van der Waals surface area contributed by atoms with Gasteiger partial charge in [-0.15, -0.1) is 16.9 Å². The van der Waals surface area contributed by atoms with Crippen molar-refractivity contribution in [3.8, 4) is 0 Å². The van der Waals surface area contributed by atoms with E-state index in [-0.39, 0.29) is 0 Å². The van der Waals surface area contributed by atoms with Crippen LogP contribution in [-0.2, 0) is 10.5 Å². The molecule has 0 radical (unpaired) electrons. The molecule has 0 bridgehead atoms. The van der Waals surface area contributed by atoms with Crippen molar-refractivity contribution in [1.29, 1.82) is 0 Å². The van der Waals surface area contributed by atoms with E-state index in [4.69, 9.17) is 22.4 Å². The molecule has 1 aromatic rings. The van der Waals surface area contributed by atoms with Gasteiger partial charge in [0.2, 0.25) is 0 Å². The Balaban J connectivity index is 2.61. The second-order valence-corrected chi connectivity index (χ2v) is 6.69. The van der Waals surface area contributed by atoms with Gasteiger partial charge in [-0.2, -0.15) is 0 Å². The third-order valence-corrected chi connectivity index (χ3v) is 4.51. The standard InChI is InChI=1S/C8H12ClN3O2S2/c1-8(2,5(10)7(13)14)15-3-4-6(9)16-12-11-4/h5H,3,10H2,1-2H3,(H,13,14)/t5-/m0/s1. The van der Waals surface area contributed by atoms with E-state index in [2.05, 4.69) is 9.59 Å². The summed E-state index contributed by atoms with van der Waals surface area (Å²) in [6.07, 6.45) is 0. The van der Waals surface area contributed by atoms with Crippen molar-refractivity contribution in [2.75, 3.05) is 0 Å². The highest BCUT2D eigenvalue weighted by Gasteiger charge is 2.32. The van der Waals surface area contributed by atoms with Gasteiger partial charge in [-0.1, -0.05) is 16.1 Å². The topological polar surface area (TPSA) is 89.1 Å². The molecule has 0 aliphatic rings. The summed E-state index contributed by atoms with van der Waals surface area (Å²) in [5.74, 6) is -0.511. The first kappa shape index (κ1) is 13.7. The molecular formula is C8H12ClN3O2S2. The fraction of sp³-hybridized carbons (Fsp3) is 0.625. The van der Waals surface area contributed by atoms with Crippen molar-refractivity contribution in [3.05, 3.63) is 10.0 Å². The quantitative estimate of drug-likeness (QED) is 0.852. The first-order valence-electron chi connectivity index (χ1n) is 4.43. The first-order valence-corrected chi connectivity index (χ1v) is 6.57. The lowest BCUT2D eigenvalue weighted by atomic mass is 10.1. The molecule has 0 aliphatic heterocycles. The maximum atomic E-state index is 10.8. The number of carboxylic acid groups (broad SMARTS) is 1. The summed E-state index contributed by atoms with van der Waals surface area (Å²) in [4.78, 5) is 10.8. The molecule has 1 rings (SSSR count). The van der Waals surface area contributed by atoms with Crippen molar-refractivity contribution < 1.29 is 9.90 Å². The highest BCUT2D eigenvalue weighted by molar-refractivity contribution is 7.99. The van der Waals surface area contributed by atoms with Gasteiger partial charge in [-0.3, -0.25) is 4.79 Å². The lowest BCUT2D eigenvalue weighted by Crippen LogP contribution is -2.46. The van der Waals surface area contributed by atoms with Crippen molar-refractivity contribution in [3.63, 3.8) is 0 Å². The molecule has 0 unspecified atom stereocenters. The van der Waals surface area contributed by atoms with Crippen LogP contribution < -0.4 is 5.73 Å². The SMILES string of the molecule is CC(C)(SCc1nnsc1Cl)[C@@H](N)C(=O)O. The van der Waals surface area contributed by atoms with E-state index in [0.717, 1.165) is 11.5 Å². The van der Waals surface area contributed by atoms with Crippen LogP contribution in [0.15, 0.2) is 0 Å². The van der Waals surface area contributed by atoms with Gasteiger partial charge in [0.05, 0.1) is 0 Å². The second-order valence-electron chi connectivity index (χ2n) is 3.70. The fourth-order valence-electron chi connectivity index (χ4n) is 0.925. The average Bonchev–Trinajstić information content (AvgIpc) is 2.60. The van der Waals surface area contributed by atoms with Crippen LogP contribution in [0.3, 0.4) is 0 Å². The Morgan fingerprint density at radius 3 is 2.81 bits per heavy atom. The fourth-order valence-corrected chi connectivity index (χ4v) is 2.71. The van der Waals surface area contributed by atoms with Gasteiger partial charge in [-0.25, -0.2) is 0 Å². The number of nitrogens with two attached hydrogens (primary N) is 1. The van der Waals surface area contributed by atoms with Crippen LogP contribution >= 0.6 is 34.9 Å². The number of hydrogen-bond donors (Lipinski definition) is 2. The maximum Gasteiger partial charge on any atom is 0.321 e. The Morgan fingerprint density at radius 1 is 1.75 bits per heavy atom. The average molecular weight is 282 g/mol. The van der Waals surface area contributed by atoms with Crippen LogP contribution in [-0.4, -0.2) is 31.5 Å². The molecule has 8 heteroatoms. The highest BCUT2D eigenvalue weighted by Crippen LogP contribution is 2.32. The van der Waals surface area contributed by atoms with Crippen molar-refractivity contribution in [1.82, 2.24) is 9.59 Å². The van der Waals surface area contributed by atoms with Gasteiger partial charge in [0.1, 0.15) is 16.1 Å². The molecule has 90 valence electrons. The number of aliphatic carboxylic acids is 1. The minimum absolute atomic E-state index is 0.503. The molecule has 0 aromatic carbocycles. The third-order valence-electron chi connectivity index (χ3n) is 2.11. The number of halogens is 1. The van der Waals surface area contributed by atoms with Gasteiger partial charge in [0.25, 0.3) is 0 Å². The van der Waals surface area contributed by atoms with E-state index in [9.17, 15) is 4.79 Å². The Morgan fingerprint density at radius 2 is 2.38 bits per heavy atom. The number of nitrogens with zero attached hydrogens (tertiary/aromatic N) is 2. The summed E-state index contributed by atoms with van der Waals surface area (Å²) in [6, 6.07) is -0.928. The molecule has 0 fully saturated rings. The van der Waals surface area contributed by atoms with E-state index >= 15 is 0 Å². The minimum atomic E-state index is -1.01. The second kappa shape index (κ2) is 5.31. The van der Waals surface area contributed by atoms with Gasteiger partial charge in [0.15, 0.2) is 0 Å². The molecule has 16 heavy (non-hydrogen) atoms. The zero-order valence-corrected chi connectivity index (χ0v) is 11.2. The summed E-state index contributed by atoms with van der Waals surface area (Å²) >= 11 is 8.36. The summed E-state index contributed by atoms with van der Waals surface area (Å²) < 4.78 is 3.65. The largest absolute Gasteiger partial charge is 0.480 e. The summed E-state index contributed by atoms with van der Waals surface area (Å²) in [5.41, 5.74) is 6.25. The summed E-state index contributed by atoms with van der Waals surface area (Å²) in [6.45, 7) is 3.56. The number of thioether (sulfide) groups is 1. The lowest BCUT2D eigenvalue weighted by Gasteiger charge is -2.27. The van der Waals surface area contributed by atoms with Gasteiger partial charge in [-0.05, 0) is 13.8 Å². The Hall–Kier alpha value is -0.370. The number of carbonyl (C=O) groups is 1. The molecule has 0 spiro atoms. The molecule has 0 aliphatic carbocycles. The van der Waals surface area contributed by atoms with Crippen LogP contribution in [0.5, 0.6) is 0 Å². The predicted molar refractivity (Wildman–Crippen MR) is 65.9 cm³/mol. The summed E-state index contributed by atoms with van der Waals surface area (Å²) in [5, 5.41) is 12.7. The zero-order valence-electron chi connectivity index (χ0n) is 8.81. The van der Waals surface area contributed by atoms with E-state index in [1.807, 2.05) is 0 Å². The molecule has 5 nitrogen and oxygen atoms in total. The molecule has 0 saturated carbocycles. The Labute approximate surface area is 107 Å². The molecule has 0 amide bonds.